The molecule has 1 aromatic carbocycles. The number of rotatable bonds is 4. The number of Topliss-reactive ketones (excluding diaryl/α,β-unsaturated/α-hetero) is 1. The molecule has 0 saturated heterocycles. The first-order valence-electron chi connectivity index (χ1n) is 8.27. The molecule has 1 N–H and O–H groups in total. The van der Waals surface area contributed by atoms with Gasteiger partial charge in [0.2, 0.25) is 5.78 Å². The first-order valence-corrected chi connectivity index (χ1v) is 8.27. The zero-order valence-corrected chi connectivity index (χ0v) is 16.2. The van der Waals surface area contributed by atoms with E-state index in [4.69, 9.17) is 9.84 Å². The third kappa shape index (κ3) is 8.53. The molecule has 0 aliphatic carbocycles. The van der Waals surface area contributed by atoms with E-state index in [1.807, 2.05) is 6.07 Å². The quantitative estimate of drug-likeness (QED) is 0.841. The predicted octanol–water partition coefficient (Wildman–Crippen LogP) is 3.06. The third-order valence-corrected chi connectivity index (χ3v) is 2.84. The van der Waals surface area contributed by atoms with Gasteiger partial charge in [-0.05, 0) is 59.2 Å². The minimum absolute atomic E-state index is 0.0156. The van der Waals surface area contributed by atoms with Gasteiger partial charge in [-0.3, -0.25) is 9.36 Å². The SMILES string of the molecule is CC(C)(C)OC(C)(C)C.O=C(O)C(=O)Cc1cccc(-n2cnnc2)c1. The van der Waals surface area contributed by atoms with Crippen LogP contribution < -0.4 is 0 Å². The first-order chi connectivity index (χ1) is 11.9. The van der Waals surface area contributed by atoms with E-state index in [-0.39, 0.29) is 17.6 Å². The number of carboxylic acids is 1. The van der Waals surface area contributed by atoms with Crippen molar-refractivity contribution in [2.45, 2.75) is 59.2 Å². The van der Waals surface area contributed by atoms with Crippen molar-refractivity contribution in [3.05, 3.63) is 42.5 Å². The highest BCUT2D eigenvalue weighted by Crippen LogP contribution is 2.18. The van der Waals surface area contributed by atoms with Crippen molar-refractivity contribution in [1.29, 1.82) is 0 Å². The van der Waals surface area contributed by atoms with E-state index in [1.165, 1.54) is 12.7 Å². The fourth-order valence-corrected chi connectivity index (χ4v) is 2.34. The first kappa shape index (κ1) is 21.5. The summed E-state index contributed by atoms with van der Waals surface area (Å²) in [7, 11) is 0. The average Bonchev–Trinajstić information content (AvgIpc) is 2.98. The molecule has 0 atom stereocenters. The molecular weight excluding hydrogens is 334 g/mol. The van der Waals surface area contributed by atoms with Crippen LogP contribution in [0.2, 0.25) is 0 Å². The number of aliphatic carboxylic acids is 1. The van der Waals surface area contributed by atoms with Gasteiger partial charge in [-0.15, -0.1) is 10.2 Å². The number of carbonyl (C=O) groups is 2. The second-order valence-electron chi connectivity index (χ2n) is 7.77. The molecule has 0 bridgehead atoms. The summed E-state index contributed by atoms with van der Waals surface area (Å²) in [6, 6.07) is 7.00. The third-order valence-electron chi connectivity index (χ3n) is 2.84. The van der Waals surface area contributed by atoms with Gasteiger partial charge in [0.25, 0.3) is 0 Å². The molecule has 0 saturated carbocycles. The van der Waals surface area contributed by atoms with E-state index in [1.54, 1.807) is 22.8 Å². The molecule has 0 unspecified atom stereocenters. The van der Waals surface area contributed by atoms with Crippen molar-refractivity contribution in [3.63, 3.8) is 0 Å². The van der Waals surface area contributed by atoms with Crippen molar-refractivity contribution in [1.82, 2.24) is 14.8 Å². The van der Waals surface area contributed by atoms with E-state index in [9.17, 15) is 9.59 Å². The van der Waals surface area contributed by atoms with Crippen molar-refractivity contribution in [2.75, 3.05) is 0 Å². The summed E-state index contributed by atoms with van der Waals surface area (Å²) in [4.78, 5) is 21.5. The number of ether oxygens (including phenoxy) is 1. The number of aromatic nitrogens is 3. The Labute approximate surface area is 154 Å². The molecule has 142 valence electrons. The lowest BCUT2D eigenvalue weighted by molar-refractivity contribution is -0.148. The lowest BCUT2D eigenvalue weighted by atomic mass is 10.1. The summed E-state index contributed by atoms with van der Waals surface area (Å²) in [5, 5.41) is 15.9. The van der Waals surface area contributed by atoms with E-state index in [0.717, 1.165) is 5.69 Å². The van der Waals surface area contributed by atoms with Crippen LogP contribution in [0.4, 0.5) is 0 Å². The lowest BCUT2D eigenvalue weighted by Crippen LogP contribution is -2.31. The van der Waals surface area contributed by atoms with Gasteiger partial charge in [-0.25, -0.2) is 4.79 Å². The molecule has 0 spiro atoms. The largest absolute Gasteiger partial charge is 0.475 e. The second kappa shape index (κ2) is 8.71. The van der Waals surface area contributed by atoms with E-state index >= 15 is 0 Å². The Hall–Kier alpha value is -2.54. The fourth-order valence-electron chi connectivity index (χ4n) is 2.34. The minimum Gasteiger partial charge on any atom is -0.475 e. The number of hydrogen-bond donors (Lipinski definition) is 1. The molecule has 1 heterocycles. The van der Waals surface area contributed by atoms with Crippen LogP contribution in [0.5, 0.6) is 0 Å². The minimum atomic E-state index is -1.42. The van der Waals surface area contributed by atoms with Gasteiger partial charge in [-0.2, -0.15) is 0 Å². The molecule has 0 aliphatic heterocycles. The zero-order valence-electron chi connectivity index (χ0n) is 16.2. The summed E-state index contributed by atoms with van der Waals surface area (Å²) in [6.07, 6.45) is 2.93. The molecule has 2 aromatic rings. The van der Waals surface area contributed by atoms with Crippen LogP contribution in [0.3, 0.4) is 0 Å². The maximum atomic E-state index is 11.1. The zero-order chi connectivity index (χ0) is 20.0. The van der Waals surface area contributed by atoms with E-state index < -0.39 is 11.8 Å². The standard InChI is InChI=1S/C11H9N3O3.C8H18O/c15-10(11(16)17)5-8-2-1-3-9(4-8)14-6-12-13-7-14;1-7(2,3)9-8(4,5)6/h1-4,6-7H,5H2,(H,16,17);1-6H3. The smallest absolute Gasteiger partial charge is 0.372 e. The number of carbonyl (C=O) groups excluding carboxylic acids is 1. The van der Waals surface area contributed by atoms with Crippen LogP contribution >= 0.6 is 0 Å². The average molecular weight is 361 g/mol. The van der Waals surface area contributed by atoms with Crippen LogP contribution in [-0.4, -0.2) is 42.8 Å². The molecule has 0 radical (unpaired) electrons. The van der Waals surface area contributed by atoms with Gasteiger partial charge in [0.1, 0.15) is 12.7 Å². The van der Waals surface area contributed by atoms with E-state index in [0.29, 0.717) is 5.56 Å². The molecule has 1 aromatic heterocycles. The summed E-state index contributed by atoms with van der Waals surface area (Å²) in [5.74, 6) is -2.24. The Kier molecular flexibility index (Phi) is 7.20. The summed E-state index contributed by atoms with van der Waals surface area (Å²) < 4.78 is 7.30. The van der Waals surface area contributed by atoms with Crippen LogP contribution in [-0.2, 0) is 20.7 Å². The molecule has 7 nitrogen and oxygen atoms in total. The Bertz CT molecular complexity index is 714. The van der Waals surface area contributed by atoms with Gasteiger partial charge >= 0.3 is 5.97 Å². The Morgan fingerprint density at radius 2 is 1.58 bits per heavy atom. The Morgan fingerprint density at radius 1 is 1.04 bits per heavy atom. The second-order valence-corrected chi connectivity index (χ2v) is 7.77. The lowest BCUT2D eigenvalue weighted by Gasteiger charge is -2.30. The maximum absolute atomic E-state index is 11.1. The van der Waals surface area contributed by atoms with Gasteiger partial charge in [0.15, 0.2) is 0 Å². The number of hydrogen-bond acceptors (Lipinski definition) is 5. The summed E-state index contributed by atoms with van der Waals surface area (Å²) in [5.41, 5.74) is 1.39. The number of ketones is 1. The Balaban J connectivity index is 0.000000321. The maximum Gasteiger partial charge on any atom is 0.372 e. The highest BCUT2D eigenvalue weighted by molar-refractivity contribution is 6.33. The van der Waals surface area contributed by atoms with Crippen LogP contribution in [0.15, 0.2) is 36.9 Å². The molecular formula is C19H27N3O4. The summed E-state index contributed by atoms with van der Waals surface area (Å²) in [6.45, 7) is 12.4. The predicted molar refractivity (Wildman–Crippen MR) is 98.3 cm³/mol. The highest BCUT2D eigenvalue weighted by Gasteiger charge is 2.20. The summed E-state index contributed by atoms with van der Waals surface area (Å²) >= 11 is 0. The number of carboxylic acid groups (broad SMARTS) is 1. The molecule has 2 rings (SSSR count). The number of benzene rings is 1. The van der Waals surface area contributed by atoms with Crippen LogP contribution in [0.25, 0.3) is 5.69 Å². The van der Waals surface area contributed by atoms with Gasteiger partial charge in [0.05, 0.1) is 11.2 Å². The molecule has 0 aliphatic rings. The van der Waals surface area contributed by atoms with Crippen molar-refractivity contribution >= 4 is 11.8 Å². The monoisotopic (exact) mass is 361 g/mol. The highest BCUT2D eigenvalue weighted by atomic mass is 16.5. The number of nitrogens with zero attached hydrogens (tertiary/aromatic N) is 3. The normalized spacial score (nSPS) is 11.5. The fraction of sp³-hybridized carbons (Fsp3) is 0.474. The molecule has 26 heavy (non-hydrogen) atoms. The Morgan fingerprint density at radius 3 is 2.00 bits per heavy atom. The topological polar surface area (TPSA) is 94.3 Å². The van der Waals surface area contributed by atoms with Gasteiger partial charge in [-0.1, -0.05) is 12.1 Å². The van der Waals surface area contributed by atoms with Crippen LogP contribution in [0, 0.1) is 0 Å². The van der Waals surface area contributed by atoms with Crippen molar-refractivity contribution < 1.29 is 19.4 Å². The van der Waals surface area contributed by atoms with E-state index in [2.05, 4.69) is 51.7 Å². The van der Waals surface area contributed by atoms with Gasteiger partial charge in [0, 0.05) is 12.1 Å². The molecule has 7 heteroatoms. The molecule has 0 fully saturated rings. The van der Waals surface area contributed by atoms with Gasteiger partial charge < -0.3 is 9.84 Å². The molecule has 0 amide bonds. The van der Waals surface area contributed by atoms with Crippen LogP contribution in [0.1, 0.15) is 47.1 Å². The van der Waals surface area contributed by atoms with Crippen molar-refractivity contribution in [3.8, 4) is 5.69 Å². The van der Waals surface area contributed by atoms with Crippen molar-refractivity contribution in [2.24, 2.45) is 0 Å².